The van der Waals surface area contributed by atoms with Gasteiger partial charge in [0.25, 0.3) is 0 Å². The van der Waals surface area contributed by atoms with Crippen LogP contribution in [-0.4, -0.2) is 42.5 Å². The summed E-state index contributed by atoms with van der Waals surface area (Å²) < 4.78 is 6.49. The van der Waals surface area contributed by atoms with E-state index in [1.54, 1.807) is 0 Å². The topological polar surface area (TPSA) is 70.7 Å². The average Bonchev–Trinajstić information content (AvgIpc) is 2.80. The van der Waals surface area contributed by atoms with E-state index in [9.17, 15) is 9.59 Å². The van der Waals surface area contributed by atoms with Gasteiger partial charge in [0.1, 0.15) is 11.4 Å². The third kappa shape index (κ3) is 4.24. The number of fused-ring (bicyclic) bond motifs is 2. The number of nitrogens with one attached hydrogen (secondary N) is 2. The molecule has 168 valence electrons. The lowest BCUT2D eigenvalue weighted by molar-refractivity contribution is -0.124. The van der Waals surface area contributed by atoms with Gasteiger partial charge in [-0.15, -0.1) is 0 Å². The van der Waals surface area contributed by atoms with Crippen molar-refractivity contribution in [2.75, 3.05) is 25.5 Å². The molecule has 0 bridgehead atoms. The Kier molecular flexibility index (Phi) is 5.64. The van der Waals surface area contributed by atoms with Crippen molar-refractivity contribution in [3.63, 3.8) is 0 Å². The van der Waals surface area contributed by atoms with E-state index in [4.69, 9.17) is 4.74 Å². The predicted molar refractivity (Wildman–Crippen MR) is 124 cm³/mol. The summed E-state index contributed by atoms with van der Waals surface area (Å²) in [6.07, 6.45) is 4.30. The third-order valence-electron chi connectivity index (χ3n) is 7.26. The number of carbonyl (C=O) groups excluding carboxylic acids is 2. The molecule has 0 unspecified atom stereocenters. The van der Waals surface area contributed by atoms with Crippen molar-refractivity contribution in [2.24, 2.45) is 5.92 Å². The monoisotopic (exact) mass is 433 g/mol. The number of anilines is 1. The maximum atomic E-state index is 12.9. The summed E-state index contributed by atoms with van der Waals surface area (Å²) in [6, 6.07) is 15.9. The molecule has 0 aliphatic carbocycles. The van der Waals surface area contributed by atoms with Crippen molar-refractivity contribution in [2.45, 2.75) is 50.2 Å². The normalized spacial score (nSPS) is 24.1. The lowest BCUT2D eigenvalue weighted by Crippen LogP contribution is -2.51. The molecule has 2 N–H and O–H groups in total. The quantitative estimate of drug-likeness (QED) is 0.772. The summed E-state index contributed by atoms with van der Waals surface area (Å²) in [4.78, 5) is 27.8. The summed E-state index contributed by atoms with van der Waals surface area (Å²) >= 11 is 0. The minimum absolute atomic E-state index is 0.00133. The summed E-state index contributed by atoms with van der Waals surface area (Å²) in [7, 11) is 2.14. The largest absolute Gasteiger partial charge is 0.487 e. The van der Waals surface area contributed by atoms with Gasteiger partial charge < -0.3 is 20.3 Å². The fraction of sp³-hybridized carbons (Fsp3) is 0.462. The fourth-order valence-corrected chi connectivity index (χ4v) is 5.30. The second kappa shape index (κ2) is 8.58. The molecule has 1 fully saturated rings. The first kappa shape index (κ1) is 21.0. The van der Waals surface area contributed by atoms with Gasteiger partial charge in [0.15, 0.2) is 0 Å². The van der Waals surface area contributed by atoms with E-state index in [0.29, 0.717) is 19.3 Å². The highest BCUT2D eigenvalue weighted by molar-refractivity contribution is 5.96. The standard InChI is InChI=1S/C26H31N3O3/c1-29-14-12-26(13-15-29)17-22(20-7-3-5-9-23(20)32-26)27-24(30)11-10-19-16-18-6-2-4-8-21(18)28-25(19)31/h2-9,19,22H,10-17H2,1H3,(H,27,30)(H,28,31)/t19-,22-/m1/s1. The molecule has 0 aromatic heterocycles. The zero-order chi connectivity index (χ0) is 22.1. The first-order valence-corrected chi connectivity index (χ1v) is 11.7. The Morgan fingerprint density at radius 3 is 2.75 bits per heavy atom. The third-order valence-corrected chi connectivity index (χ3v) is 7.26. The van der Waals surface area contributed by atoms with Crippen LogP contribution in [0.25, 0.3) is 0 Å². The summed E-state index contributed by atoms with van der Waals surface area (Å²) in [6.45, 7) is 2.00. The van der Waals surface area contributed by atoms with Crippen molar-refractivity contribution < 1.29 is 14.3 Å². The molecule has 3 aliphatic heterocycles. The number of likely N-dealkylation sites (tertiary alicyclic amines) is 1. The van der Waals surface area contributed by atoms with Crippen LogP contribution in [-0.2, 0) is 16.0 Å². The zero-order valence-electron chi connectivity index (χ0n) is 18.6. The number of hydrogen-bond donors (Lipinski definition) is 2. The Bertz CT molecular complexity index is 1010. The molecule has 2 aromatic rings. The maximum absolute atomic E-state index is 12.9. The molecule has 2 aromatic carbocycles. The number of benzene rings is 2. The number of carbonyl (C=O) groups is 2. The van der Waals surface area contributed by atoms with Crippen LogP contribution in [0.1, 0.15) is 49.3 Å². The number of rotatable bonds is 4. The highest BCUT2D eigenvalue weighted by Gasteiger charge is 2.43. The van der Waals surface area contributed by atoms with Crippen LogP contribution in [0.4, 0.5) is 5.69 Å². The second-order valence-electron chi connectivity index (χ2n) is 9.54. The van der Waals surface area contributed by atoms with Gasteiger partial charge in [0.05, 0.1) is 6.04 Å². The molecule has 0 radical (unpaired) electrons. The van der Waals surface area contributed by atoms with Gasteiger partial charge in [0, 0.05) is 43.1 Å². The van der Waals surface area contributed by atoms with Crippen LogP contribution in [0.5, 0.6) is 5.75 Å². The molecule has 2 amide bonds. The molecule has 0 saturated carbocycles. The Hall–Kier alpha value is -2.86. The zero-order valence-corrected chi connectivity index (χ0v) is 18.6. The van der Waals surface area contributed by atoms with E-state index in [0.717, 1.165) is 54.9 Å². The highest BCUT2D eigenvalue weighted by Crippen LogP contribution is 2.44. The molecule has 1 spiro atoms. The average molecular weight is 434 g/mol. The van der Waals surface area contributed by atoms with Gasteiger partial charge in [-0.1, -0.05) is 36.4 Å². The first-order chi connectivity index (χ1) is 15.5. The highest BCUT2D eigenvalue weighted by atomic mass is 16.5. The smallest absolute Gasteiger partial charge is 0.227 e. The molecular formula is C26H31N3O3. The Morgan fingerprint density at radius 1 is 1.16 bits per heavy atom. The number of ether oxygens (including phenoxy) is 1. The number of amides is 2. The van der Waals surface area contributed by atoms with Crippen LogP contribution in [0, 0.1) is 5.92 Å². The minimum Gasteiger partial charge on any atom is -0.487 e. The van der Waals surface area contributed by atoms with Gasteiger partial charge in [0.2, 0.25) is 11.8 Å². The summed E-state index contributed by atoms with van der Waals surface area (Å²) in [5.74, 6) is 0.731. The van der Waals surface area contributed by atoms with E-state index in [1.165, 1.54) is 0 Å². The Balaban J connectivity index is 1.24. The van der Waals surface area contributed by atoms with E-state index < -0.39 is 0 Å². The molecule has 5 rings (SSSR count). The van der Waals surface area contributed by atoms with E-state index in [1.807, 2.05) is 48.5 Å². The Morgan fingerprint density at radius 2 is 1.91 bits per heavy atom. The second-order valence-corrected chi connectivity index (χ2v) is 9.54. The summed E-state index contributed by atoms with van der Waals surface area (Å²) in [5.41, 5.74) is 2.86. The van der Waals surface area contributed by atoms with E-state index >= 15 is 0 Å². The maximum Gasteiger partial charge on any atom is 0.227 e. The van der Waals surface area contributed by atoms with E-state index in [-0.39, 0.29) is 29.4 Å². The molecule has 3 aliphatic rings. The lowest BCUT2D eigenvalue weighted by Gasteiger charge is -2.46. The van der Waals surface area contributed by atoms with Crippen LogP contribution in [0.2, 0.25) is 0 Å². The lowest BCUT2D eigenvalue weighted by atomic mass is 9.80. The Labute approximate surface area is 189 Å². The number of piperidine rings is 1. The minimum atomic E-state index is -0.216. The number of para-hydroxylation sites is 2. The van der Waals surface area contributed by atoms with Gasteiger partial charge in [-0.2, -0.15) is 0 Å². The molecule has 3 heterocycles. The van der Waals surface area contributed by atoms with Crippen LogP contribution in [0.3, 0.4) is 0 Å². The van der Waals surface area contributed by atoms with Crippen molar-refractivity contribution >= 4 is 17.5 Å². The van der Waals surface area contributed by atoms with Crippen molar-refractivity contribution in [3.8, 4) is 5.75 Å². The van der Waals surface area contributed by atoms with Gasteiger partial charge in [-0.05, 0) is 50.4 Å². The predicted octanol–water partition coefficient (Wildman–Crippen LogP) is 3.68. The molecule has 6 heteroatoms. The SMILES string of the molecule is CN1CCC2(CC1)C[C@@H](NC(=O)CC[C@@H]1Cc3ccccc3NC1=O)c1ccccc1O2. The molecular weight excluding hydrogens is 402 g/mol. The van der Waals surface area contributed by atoms with Crippen LogP contribution in [0.15, 0.2) is 48.5 Å². The van der Waals surface area contributed by atoms with Crippen molar-refractivity contribution in [1.29, 1.82) is 0 Å². The number of nitrogens with zero attached hydrogens (tertiary/aromatic N) is 1. The van der Waals surface area contributed by atoms with Gasteiger partial charge in [-0.25, -0.2) is 0 Å². The van der Waals surface area contributed by atoms with Gasteiger partial charge >= 0.3 is 0 Å². The van der Waals surface area contributed by atoms with Crippen molar-refractivity contribution in [1.82, 2.24) is 10.2 Å². The molecule has 32 heavy (non-hydrogen) atoms. The van der Waals surface area contributed by atoms with Gasteiger partial charge in [-0.3, -0.25) is 9.59 Å². The molecule has 1 saturated heterocycles. The summed E-state index contributed by atoms with van der Waals surface area (Å²) in [5, 5.41) is 6.25. The number of hydrogen-bond acceptors (Lipinski definition) is 4. The van der Waals surface area contributed by atoms with Crippen LogP contribution >= 0.6 is 0 Å². The van der Waals surface area contributed by atoms with Crippen molar-refractivity contribution in [3.05, 3.63) is 59.7 Å². The fourth-order valence-electron chi connectivity index (χ4n) is 5.30. The van der Waals surface area contributed by atoms with E-state index in [2.05, 4.69) is 22.6 Å². The van der Waals surface area contributed by atoms with Crippen LogP contribution < -0.4 is 15.4 Å². The first-order valence-electron chi connectivity index (χ1n) is 11.7. The molecule has 2 atom stereocenters. The molecule has 6 nitrogen and oxygen atoms in total.